The van der Waals surface area contributed by atoms with E-state index in [-0.39, 0.29) is 24.9 Å². The molecule has 0 radical (unpaired) electrons. The van der Waals surface area contributed by atoms with Crippen LogP contribution in [0.1, 0.15) is 17.5 Å². The predicted octanol–water partition coefficient (Wildman–Crippen LogP) is 0.737. The molecule has 1 aromatic rings. The Balaban J connectivity index is 2.75. The highest BCUT2D eigenvalue weighted by atomic mass is 19.1. The predicted molar refractivity (Wildman–Crippen MR) is 75.4 cm³/mol. The first kappa shape index (κ1) is 16.2. The van der Waals surface area contributed by atoms with Gasteiger partial charge in [0, 0.05) is 25.6 Å². The van der Waals surface area contributed by atoms with Crippen molar-refractivity contribution in [2.24, 2.45) is 0 Å². The minimum atomic E-state index is -0.357. The maximum Gasteiger partial charge on any atom is 0.233 e. The van der Waals surface area contributed by atoms with Gasteiger partial charge in [0.25, 0.3) is 0 Å². The molecule has 0 heterocycles. The van der Waals surface area contributed by atoms with Gasteiger partial charge in [-0.05, 0) is 30.8 Å². The molecule has 0 saturated heterocycles. The number of likely N-dealkylation sites (N-methyl/N-ethyl adjacent to an activating group) is 2. The van der Waals surface area contributed by atoms with Gasteiger partial charge in [0.15, 0.2) is 0 Å². The molecule has 0 bridgehead atoms. The molecule has 1 aromatic carbocycles. The van der Waals surface area contributed by atoms with Gasteiger partial charge in [-0.2, -0.15) is 0 Å². The van der Waals surface area contributed by atoms with E-state index in [9.17, 15) is 9.18 Å². The van der Waals surface area contributed by atoms with Crippen LogP contribution in [0.5, 0.6) is 0 Å². The monoisotopic (exact) mass is 278 g/mol. The average Bonchev–Trinajstić information content (AvgIpc) is 2.38. The molecule has 1 amide bonds. The standard InChI is InChI=1S/C15H19FN2O2/c1-17-15(20)11-18(2)10-13-7-12(5-3-4-6-19)8-14(16)9-13/h7-9,19H,4,6,10-11H2,1-2H3,(H,17,20). The Bertz CT molecular complexity index is 520. The summed E-state index contributed by atoms with van der Waals surface area (Å²) in [6.07, 6.45) is 0.364. The summed E-state index contributed by atoms with van der Waals surface area (Å²) >= 11 is 0. The molecular weight excluding hydrogens is 259 g/mol. The van der Waals surface area contributed by atoms with Gasteiger partial charge in [0.2, 0.25) is 5.91 Å². The Kier molecular flexibility index (Phi) is 6.71. The van der Waals surface area contributed by atoms with E-state index in [2.05, 4.69) is 17.2 Å². The SMILES string of the molecule is CNC(=O)CN(C)Cc1cc(F)cc(C#CCCO)c1. The zero-order valence-electron chi connectivity index (χ0n) is 11.7. The summed E-state index contributed by atoms with van der Waals surface area (Å²) in [6.45, 7) is 0.697. The first-order valence-corrected chi connectivity index (χ1v) is 6.33. The Morgan fingerprint density at radius 3 is 2.85 bits per heavy atom. The van der Waals surface area contributed by atoms with Crippen LogP contribution in [0.3, 0.4) is 0 Å². The number of amides is 1. The molecule has 0 aliphatic rings. The number of benzene rings is 1. The Labute approximate surface area is 118 Å². The molecule has 108 valence electrons. The summed E-state index contributed by atoms with van der Waals surface area (Å²) < 4.78 is 13.5. The number of aliphatic hydroxyl groups is 1. The van der Waals surface area contributed by atoms with Crippen LogP contribution in [0.2, 0.25) is 0 Å². The first-order chi connectivity index (χ1) is 9.55. The lowest BCUT2D eigenvalue weighted by Crippen LogP contribution is -2.32. The smallest absolute Gasteiger partial charge is 0.233 e. The molecule has 0 saturated carbocycles. The second kappa shape index (κ2) is 8.31. The highest BCUT2D eigenvalue weighted by molar-refractivity contribution is 5.77. The van der Waals surface area contributed by atoms with Gasteiger partial charge >= 0.3 is 0 Å². The lowest BCUT2D eigenvalue weighted by atomic mass is 10.1. The molecule has 4 nitrogen and oxygen atoms in total. The maximum absolute atomic E-state index is 13.5. The van der Waals surface area contributed by atoms with Crippen LogP contribution < -0.4 is 5.32 Å². The Morgan fingerprint density at radius 1 is 1.45 bits per heavy atom. The van der Waals surface area contributed by atoms with Crippen LogP contribution in [0, 0.1) is 17.7 Å². The van der Waals surface area contributed by atoms with Gasteiger partial charge < -0.3 is 10.4 Å². The summed E-state index contributed by atoms with van der Waals surface area (Å²) in [5.74, 6) is 5.11. The number of carbonyl (C=O) groups excluding carboxylic acids is 1. The fourth-order valence-electron chi connectivity index (χ4n) is 1.73. The number of rotatable bonds is 5. The summed E-state index contributed by atoms with van der Waals surface area (Å²) in [7, 11) is 3.37. The van der Waals surface area contributed by atoms with Crippen LogP contribution in [0.25, 0.3) is 0 Å². The van der Waals surface area contributed by atoms with E-state index < -0.39 is 0 Å². The summed E-state index contributed by atoms with van der Waals surface area (Å²) in [6, 6.07) is 4.57. The van der Waals surface area contributed by atoms with Crippen molar-refractivity contribution in [1.82, 2.24) is 10.2 Å². The molecule has 0 spiro atoms. The molecule has 20 heavy (non-hydrogen) atoms. The number of aliphatic hydroxyl groups excluding tert-OH is 1. The summed E-state index contributed by atoms with van der Waals surface area (Å²) in [5.41, 5.74) is 1.33. The lowest BCUT2D eigenvalue weighted by molar-refractivity contribution is -0.121. The molecule has 0 unspecified atom stereocenters. The van der Waals surface area contributed by atoms with E-state index in [1.807, 2.05) is 0 Å². The molecule has 0 aromatic heterocycles. The van der Waals surface area contributed by atoms with Crippen LogP contribution in [-0.2, 0) is 11.3 Å². The molecule has 1 rings (SSSR count). The van der Waals surface area contributed by atoms with Crippen molar-refractivity contribution in [2.45, 2.75) is 13.0 Å². The minimum absolute atomic E-state index is 0.00988. The molecule has 0 atom stereocenters. The van der Waals surface area contributed by atoms with E-state index in [0.29, 0.717) is 18.5 Å². The number of hydrogen-bond donors (Lipinski definition) is 2. The second-order valence-corrected chi connectivity index (χ2v) is 4.47. The normalized spacial score (nSPS) is 10.1. The average molecular weight is 278 g/mol. The number of nitrogens with one attached hydrogen (secondary N) is 1. The fourth-order valence-corrected chi connectivity index (χ4v) is 1.73. The molecule has 5 heteroatoms. The Hall–Kier alpha value is -1.90. The fraction of sp³-hybridized carbons (Fsp3) is 0.400. The number of halogens is 1. The highest BCUT2D eigenvalue weighted by Gasteiger charge is 2.07. The zero-order chi connectivity index (χ0) is 15.0. The van der Waals surface area contributed by atoms with E-state index in [0.717, 1.165) is 5.56 Å². The zero-order valence-corrected chi connectivity index (χ0v) is 11.7. The lowest BCUT2D eigenvalue weighted by Gasteiger charge is -2.15. The third-order valence-electron chi connectivity index (χ3n) is 2.57. The number of hydrogen-bond acceptors (Lipinski definition) is 3. The second-order valence-electron chi connectivity index (χ2n) is 4.47. The first-order valence-electron chi connectivity index (χ1n) is 6.33. The van der Waals surface area contributed by atoms with Crippen molar-refractivity contribution in [2.75, 3.05) is 27.2 Å². The van der Waals surface area contributed by atoms with Crippen LogP contribution >= 0.6 is 0 Å². The van der Waals surface area contributed by atoms with E-state index in [4.69, 9.17) is 5.11 Å². The quantitative estimate of drug-likeness (QED) is 0.781. The van der Waals surface area contributed by atoms with E-state index >= 15 is 0 Å². The van der Waals surface area contributed by atoms with E-state index in [1.165, 1.54) is 12.1 Å². The largest absolute Gasteiger partial charge is 0.395 e. The van der Waals surface area contributed by atoms with Gasteiger partial charge in [-0.3, -0.25) is 9.69 Å². The van der Waals surface area contributed by atoms with Crippen molar-refractivity contribution in [1.29, 1.82) is 0 Å². The summed E-state index contributed by atoms with van der Waals surface area (Å²) in [4.78, 5) is 13.0. The van der Waals surface area contributed by atoms with Gasteiger partial charge in [-0.1, -0.05) is 11.8 Å². The van der Waals surface area contributed by atoms with Crippen LogP contribution in [0.15, 0.2) is 18.2 Å². The molecule has 0 aliphatic carbocycles. The topological polar surface area (TPSA) is 52.6 Å². The van der Waals surface area contributed by atoms with Crippen LogP contribution in [-0.4, -0.2) is 43.2 Å². The van der Waals surface area contributed by atoms with Gasteiger partial charge in [-0.15, -0.1) is 0 Å². The van der Waals surface area contributed by atoms with E-state index in [1.54, 1.807) is 25.1 Å². The molecular formula is C15H19FN2O2. The van der Waals surface area contributed by atoms with Crippen molar-refractivity contribution in [3.05, 3.63) is 35.1 Å². The number of carbonyl (C=O) groups is 1. The number of nitrogens with zero attached hydrogens (tertiary/aromatic N) is 1. The van der Waals surface area contributed by atoms with Crippen molar-refractivity contribution >= 4 is 5.91 Å². The van der Waals surface area contributed by atoms with Gasteiger partial charge in [0.1, 0.15) is 5.82 Å². The van der Waals surface area contributed by atoms with Crippen molar-refractivity contribution in [3.63, 3.8) is 0 Å². The summed E-state index contributed by atoms with van der Waals surface area (Å²) in [5, 5.41) is 11.2. The molecule has 0 fully saturated rings. The minimum Gasteiger partial charge on any atom is -0.395 e. The Morgan fingerprint density at radius 2 is 2.20 bits per heavy atom. The van der Waals surface area contributed by atoms with Crippen molar-refractivity contribution in [3.8, 4) is 11.8 Å². The third kappa shape index (κ3) is 5.83. The molecule has 0 aliphatic heterocycles. The van der Waals surface area contributed by atoms with Crippen LogP contribution in [0.4, 0.5) is 4.39 Å². The third-order valence-corrected chi connectivity index (χ3v) is 2.57. The maximum atomic E-state index is 13.5. The van der Waals surface area contributed by atoms with Crippen molar-refractivity contribution < 1.29 is 14.3 Å². The van der Waals surface area contributed by atoms with Gasteiger partial charge in [-0.25, -0.2) is 4.39 Å². The molecule has 2 N–H and O–H groups in total. The highest BCUT2D eigenvalue weighted by Crippen LogP contribution is 2.10. The van der Waals surface area contributed by atoms with Gasteiger partial charge in [0.05, 0.1) is 13.2 Å².